The van der Waals surface area contributed by atoms with Gasteiger partial charge in [0.2, 0.25) is 0 Å². The van der Waals surface area contributed by atoms with Gasteiger partial charge in [-0.2, -0.15) is 22.8 Å². The zero-order valence-electron chi connectivity index (χ0n) is 9.53. The molecule has 0 radical (unpaired) electrons. The SMILES string of the molecule is CCn1c(CN)cc(=O)n2nc(C(F)(F)F)cc12. The number of hydrogen-bond donors (Lipinski definition) is 1. The van der Waals surface area contributed by atoms with Gasteiger partial charge in [0.05, 0.1) is 0 Å². The summed E-state index contributed by atoms with van der Waals surface area (Å²) in [6.45, 7) is 2.23. The summed E-state index contributed by atoms with van der Waals surface area (Å²) in [7, 11) is 0. The summed E-state index contributed by atoms with van der Waals surface area (Å²) >= 11 is 0. The Morgan fingerprint density at radius 3 is 2.56 bits per heavy atom. The molecule has 2 rings (SSSR count). The maximum Gasteiger partial charge on any atom is 0.435 e. The molecule has 0 aliphatic carbocycles. The second kappa shape index (κ2) is 4.13. The van der Waals surface area contributed by atoms with E-state index in [2.05, 4.69) is 5.10 Å². The molecule has 2 heterocycles. The van der Waals surface area contributed by atoms with Gasteiger partial charge in [-0.25, -0.2) is 0 Å². The van der Waals surface area contributed by atoms with Crippen molar-refractivity contribution in [3.8, 4) is 0 Å². The Bertz CT molecular complexity index is 641. The maximum atomic E-state index is 12.6. The number of nitrogens with zero attached hydrogens (tertiary/aromatic N) is 3. The largest absolute Gasteiger partial charge is 0.435 e. The van der Waals surface area contributed by atoms with Gasteiger partial charge in [0, 0.05) is 30.9 Å². The van der Waals surface area contributed by atoms with Crippen LogP contribution in [0.15, 0.2) is 16.9 Å². The number of alkyl halides is 3. The molecule has 0 saturated carbocycles. The first kappa shape index (κ1) is 12.6. The zero-order valence-corrected chi connectivity index (χ0v) is 9.53. The van der Waals surface area contributed by atoms with Crippen molar-refractivity contribution in [3.63, 3.8) is 0 Å². The Hall–Kier alpha value is -1.83. The van der Waals surface area contributed by atoms with Crippen LogP contribution in [-0.2, 0) is 19.3 Å². The molecule has 0 amide bonds. The van der Waals surface area contributed by atoms with Gasteiger partial charge in [0.1, 0.15) is 5.65 Å². The number of nitrogens with two attached hydrogens (primary N) is 1. The summed E-state index contributed by atoms with van der Waals surface area (Å²) in [6, 6.07) is 2.05. The molecule has 0 atom stereocenters. The third-order valence-electron chi connectivity index (χ3n) is 2.63. The molecule has 0 aliphatic rings. The molecule has 2 N–H and O–H groups in total. The predicted octanol–water partition coefficient (Wildman–Crippen LogP) is 0.993. The first-order valence-corrected chi connectivity index (χ1v) is 5.28. The molecule has 0 saturated heterocycles. The third kappa shape index (κ3) is 1.88. The van der Waals surface area contributed by atoms with Crippen molar-refractivity contribution in [2.45, 2.75) is 26.2 Å². The number of rotatable bonds is 2. The number of halogens is 3. The number of fused-ring (bicyclic) bond motifs is 1. The van der Waals surface area contributed by atoms with Crippen molar-refractivity contribution in [2.24, 2.45) is 5.73 Å². The fourth-order valence-corrected chi connectivity index (χ4v) is 1.83. The highest BCUT2D eigenvalue weighted by atomic mass is 19.4. The molecule has 0 fully saturated rings. The van der Waals surface area contributed by atoms with Crippen LogP contribution in [0.4, 0.5) is 13.2 Å². The van der Waals surface area contributed by atoms with Gasteiger partial charge in [-0.1, -0.05) is 0 Å². The lowest BCUT2D eigenvalue weighted by atomic mass is 10.3. The van der Waals surface area contributed by atoms with Gasteiger partial charge in [-0.05, 0) is 6.92 Å². The minimum absolute atomic E-state index is 0.0755. The molecular formula is C10H11F3N4O. The van der Waals surface area contributed by atoms with Crippen LogP contribution in [0, 0.1) is 0 Å². The second-order valence-electron chi connectivity index (χ2n) is 3.72. The number of aryl methyl sites for hydroxylation is 1. The lowest BCUT2D eigenvalue weighted by Gasteiger charge is -2.10. The number of hydrogen-bond acceptors (Lipinski definition) is 3. The smallest absolute Gasteiger partial charge is 0.329 e. The van der Waals surface area contributed by atoms with Gasteiger partial charge in [-0.3, -0.25) is 4.79 Å². The van der Waals surface area contributed by atoms with Crippen LogP contribution in [0.25, 0.3) is 5.65 Å². The minimum Gasteiger partial charge on any atom is -0.329 e. The van der Waals surface area contributed by atoms with E-state index in [0.29, 0.717) is 12.2 Å². The summed E-state index contributed by atoms with van der Waals surface area (Å²) in [5.74, 6) is 0. The van der Waals surface area contributed by atoms with Gasteiger partial charge in [0.25, 0.3) is 5.56 Å². The molecule has 0 aromatic carbocycles. The van der Waals surface area contributed by atoms with Crippen LogP contribution < -0.4 is 11.3 Å². The molecule has 0 aliphatic heterocycles. The van der Waals surface area contributed by atoms with Crippen molar-refractivity contribution in [1.29, 1.82) is 0 Å². The molecule has 2 aromatic rings. The van der Waals surface area contributed by atoms with E-state index in [0.717, 1.165) is 10.6 Å². The van der Waals surface area contributed by atoms with Crippen LogP contribution in [0.5, 0.6) is 0 Å². The predicted molar refractivity (Wildman–Crippen MR) is 58.0 cm³/mol. The maximum absolute atomic E-state index is 12.6. The highest BCUT2D eigenvalue weighted by Crippen LogP contribution is 2.28. The van der Waals surface area contributed by atoms with Crippen LogP contribution in [0.3, 0.4) is 0 Å². The van der Waals surface area contributed by atoms with E-state index in [4.69, 9.17) is 5.73 Å². The molecule has 18 heavy (non-hydrogen) atoms. The van der Waals surface area contributed by atoms with Crippen LogP contribution in [-0.4, -0.2) is 14.2 Å². The zero-order chi connectivity index (χ0) is 13.5. The molecule has 0 spiro atoms. The van der Waals surface area contributed by atoms with Crippen LogP contribution in [0.2, 0.25) is 0 Å². The first-order valence-electron chi connectivity index (χ1n) is 5.28. The van der Waals surface area contributed by atoms with Gasteiger partial charge in [-0.15, -0.1) is 0 Å². The summed E-state index contributed by atoms with van der Waals surface area (Å²) in [5.41, 5.74) is 4.33. The quantitative estimate of drug-likeness (QED) is 0.875. The van der Waals surface area contributed by atoms with Crippen molar-refractivity contribution < 1.29 is 13.2 Å². The molecule has 5 nitrogen and oxygen atoms in total. The van der Waals surface area contributed by atoms with Crippen LogP contribution in [0.1, 0.15) is 18.3 Å². The van der Waals surface area contributed by atoms with E-state index in [1.54, 1.807) is 6.92 Å². The third-order valence-corrected chi connectivity index (χ3v) is 2.63. The normalized spacial score (nSPS) is 12.3. The molecule has 0 unspecified atom stereocenters. The summed E-state index contributed by atoms with van der Waals surface area (Å²) in [5, 5.41) is 3.29. The summed E-state index contributed by atoms with van der Waals surface area (Å²) in [6.07, 6.45) is -4.58. The highest BCUT2D eigenvalue weighted by Gasteiger charge is 2.34. The van der Waals surface area contributed by atoms with Gasteiger partial charge >= 0.3 is 6.18 Å². The Morgan fingerprint density at radius 1 is 1.39 bits per heavy atom. The van der Waals surface area contributed by atoms with Gasteiger partial charge < -0.3 is 10.3 Å². The molecular weight excluding hydrogens is 249 g/mol. The van der Waals surface area contributed by atoms with Crippen molar-refractivity contribution >= 4 is 5.65 Å². The van der Waals surface area contributed by atoms with Crippen LogP contribution >= 0.6 is 0 Å². The standard InChI is InChI=1S/C10H11F3N4O/c1-2-16-6(5-14)3-9(18)17-8(16)4-7(15-17)10(11,12)13/h3-4H,2,5,14H2,1H3. The minimum atomic E-state index is -4.58. The Labute approximate surface area is 99.6 Å². The van der Waals surface area contributed by atoms with E-state index >= 15 is 0 Å². The fraction of sp³-hybridized carbons (Fsp3) is 0.400. The lowest BCUT2D eigenvalue weighted by molar-refractivity contribution is -0.141. The van der Waals surface area contributed by atoms with Crippen molar-refractivity contribution in [1.82, 2.24) is 14.2 Å². The van der Waals surface area contributed by atoms with Gasteiger partial charge in [0.15, 0.2) is 5.69 Å². The van der Waals surface area contributed by atoms with E-state index < -0.39 is 17.4 Å². The monoisotopic (exact) mass is 260 g/mol. The van der Waals surface area contributed by atoms with E-state index in [1.165, 1.54) is 10.6 Å². The summed E-state index contributed by atoms with van der Waals surface area (Å²) in [4.78, 5) is 11.6. The highest BCUT2D eigenvalue weighted by molar-refractivity contribution is 5.42. The first-order chi connectivity index (χ1) is 8.38. The lowest BCUT2D eigenvalue weighted by Crippen LogP contribution is -2.22. The van der Waals surface area contributed by atoms with E-state index in [1.807, 2.05) is 0 Å². The molecule has 0 bridgehead atoms. The summed E-state index contributed by atoms with van der Waals surface area (Å²) < 4.78 is 40.0. The molecule has 8 heteroatoms. The van der Waals surface area contributed by atoms with E-state index in [9.17, 15) is 18.0 Å². The second-order valence-corrected chi connectivity index (χ2v) is 3.72. The van der Waals surface area contributed by atoms with Crippen molar-refractivity contribution in [3.05, 3.63) is 33.9 Å². The van der Waals surface area contributed by atoms with Crippen molar-refractivity contribution in [2.75, 3.05) is 0 Å². The average molecular weight is 260 g/mol. The number of aromatic nitrogens is 3. The van der Waals surface area contributed by atoms with E-state index in [-0.39, 0.29) is 12.2 Å². The topological polar surface area (TPSA) is 65.3 Å². The Balaban J connectivity index is 2.83. The average Bonchev–Trinajstić information content (AvgIpc) is 2.73. The Kier molecular flexibility index (Phi) is 2.89. The molecule has 2 aromatic heterocycles. The fourth-order valence-electron chi connectivity index (χ4n) is 1.83. The Morgan fingerprint density at radius 2 is 2.06 bits per heavy atom. The molecule has 98 valence electrons.